The molecule has 0 aliphatic rings. The molecule has 0 aliphatic carbocycles. The number of fused-ring (bicyclic) bond motifs is 1. The van der Waals surface area contributed by atoms with E-state index in [1.54, 1.807) is 0 Å². The standard InChI is InChI=1S/C15H13ClN4/c16-12(11-6-2-1-3-7-11)10-17-15-18-13-8-4-5-9-14(13)19-20-15/h1-9,12H,10H2,(H,17,18,20). The molecule has 1 atom stereocenters. The summed E-state index contributed by atoms with van der Waals surface area (Å²) in [6.07, 6.45) is 0. The van der Waals surface area contributed by atoms with Crippen molar-refractivity contribution >= 4 is 28.6 Å². The third-order valence-corrected chi connectivity index (χ3v) is 3.37. The van der Waals surface area contributed by atoms with Crippen LogP contribution in [0.2, 0.25) is 0 Å². The quantitative estimate of drug-likeness (QED) is 0.746. The summed E-state index contributed by atoms with van der Waals surface area (Å²) in [5.74, 6) is 0.491. The number of alkyl halides is 1. The molecule has 1 aromatic heterocycles. The summed E-state index contributed by atoms with van der Waals surface area (Å²) < 4.78 is 0. The van der Waals surface area contributed by atoms with E-state index in [4.69, 9.17) is 11.6 Å². The number of nitrogens with one attached hydrogen (secondary N) is 1. The van der Waals surface area contributed by atoms with Crippen LogP contribution in [-0.2, 0) is 0 Å². The van der Waals surface area contributed by atoms with E-state index in [0.717, 1.165) is 16.6 Å². The van der Waals surface area contributed by atoms with Crippen LogP contribution >= 0.6 is 11.6 Å². The van der Waals surface area contributed by atoms with Crippen LogP contribution in [0.1, 0.15) is 10.9 Å². The highest BCUT2D eigenvalue weighted by Crippen LogP contribution is 2.20. The number of aromatic nitrogens is 3. The van der Waals surface area contributed by atoms with Crippen LogP contribution in [0.4, 0.5) is 5.95 Å². The topological polar surface area (TPSA) is 50.7 Å². The van der Waals surface area contributed by atoms with Crippen molar-refractivity contribution in [2.75, 3.05) is 11.9 Å². The zero-order chi connectivity index (χ0) is 13.8. The van der Waals surface area contributed by atoms with Gasteiger partial charge in [0.2, 0.25) is 5.95 Å². The number of para-hydroxylation sites is 1. The Morgan fingerprint density at radius 1 is 0.900 bits per heavy atom. The van der Waals surface area contributed by atoms with Gasteiger partial charge >= 0.3 is 0 Å². The largest absolute Gasteiger partial charge is 0.351 e. The van der Waals surface area contributed by atoms with Crippen molar-refractivity contribution in [1.82, 2.24) is 15.2 Å². The van der Waals surface area contributed by atoms with E-state index in [2.05, 4.69) is 20.5 Å². The molecule has 100 valence electrons. The average molecular weight is 285 g/mol. The van der Waals surface area contributed by atoms with Gasteiger partial charge in [-0.05, 0) is 17.7 Å². The average Bonchev–Trinajstić information content (AvgIpc) is 2.53. The van der Waals surface area contributed by atoms with Gasteiger partial charge in [-0.2, -0.15) is 0 Å². The third-order valence-electron chi connectivity index (χ3n) is 2.96. The molecular weight excluding hydrogens is 272 g/mol. The fourth-order valence-electron chi connectivity index (χ4n) is 1.92. The van der Waals surface area contributed by atoms with E-state index < -0.39 is 0 Å². The normalized spacial score (nSPS) is 12.2. The van der Waals surface area contributed by atoms with Gasteiger partial charge in [-0.1, -0.05) is 42.5 Å². The lowest BCUT2D eigenvalue weighted by molar-refractivity contribution is 0.929. The highest BCUT2D eigenvalue weighted by Gasteiger charge is 2.08. The second-order valence-electron chi connectivity index (χ2n) is 4.38. The molecule has 1 unspecified atom stereocenters. The lowest BCUT2D eigenvalue weighted by atomic mass is 10.1. The molecule has 0 aliphatic heterocycles. The first-order chi connectivity index (χ1) is 9.83. The molecular formula is C15H13ClN4. The minimum absolute atomic E-state index is 0.133. The van der Waals surface area contributed by atoms with Crippen LogP contribution in [0.3, 0.4) is 0 Å². The van der Waals surface area contributed by atoms with Gasteiger partial charge < -0.3 is 5.32 Å². The Hall–Kier alpha value is -2.20. The fourth-order valence-corrected chi connectivity index (χ4v) is 2.14. The van der Waals surface area contributed by atoms with Crippen molar-refractivity contribution in [3.63, 3.8) is 0 Å². The Kier molecular flexibility index (Phi) is 3.74. The second kappa shape index (κ2) is 5.84. The van der Waals surface area contributed by atoms with Crippen LogP contribution in [0.25, 0.3) is 11.0 Å². The minimum atomic E-state index is -0.133. The lowest BCUT2D eigenvalue weighted by Gasteiger charge is -2.10. The maximum absolute atomic E-state index is 6.34. The number of nitrogens with zero attached hydrogens (tertiary/aromatic N) is 3. The van der Waals surface area contributed by atoms with Crippen LogP contribution in [0.15, 0.2) is 54.6 Å². The Balaban J connectivity index is 1.70. The first-order valence-electron chi connectivity index (χ1n) is 6.35. The van der Waals surface area contributed by atoms with Crippen molar-refractivity contribution < 1.29 is 0 Å². The zero-order valence-electron chi connectivity index (χ0n) is 10.7. The van der Waals surface area contributed by atoms with Gasteiger partial charge in [0.15, 0.2) is 0 Å². The van der Waals surface area contributed by atoms with Crippen molar-refractivity contribution in [2.45, 2.75) is 5.38 Å². The molecule has 1 N–H and O–H groups in total. The lowest BCUT2D eigenvalue weighted by Crippen LogP contribution is -2.11. The molecule has 2 aromatic carbocycles. The number of benzene rings is 2. The molecule has 1 heterocycles. The van der Waals surface area contributed by atoms with Gasteiger partial charge in [0.05, 0.1) is 10.9 Å². The van der Waals surface area contributed by atoms with E-state index in [9.17, 15) is 0 Å². The number of hydrogen-bond donors (Lipinski definition) is 1. The molecule has 0 saturated carbocycles. The summed E-state index contributed by atoms with van der Waals surface area (Å²) in [4.78, 5) is 4.40. The summed E-state index contributed by atoms with van der Waals surface area (Å²) >= 11 is 6.34. The molecule has 3 rings (SSSR count). The summed E-state index contributed by atoms with van der Waals surface area (Å²) in [7, 11) is 0. The van der Waals surface area contributed by atoms with Gasteiger partial charge in [0.25, 0.3) is 0 Å². The van der Waals surface area contributed by atoms with E-state index >= 15 is 0 Å². The monoisotopic (exact) mass is 284 g/mol. The Morgan fingerprint density at radius 2 is 1.60 bits per heavy atom. The number of halogens is 1. The molecule has 0 spiro atoms. The number of rotatable bonds is 4. The van der Waals surface area contributed by atoms with E-state index in [1.807, 2.05) is 54.6 Å². The van der Waals surface area contributed by atoms with E-state index in [-0.39, 0.29) is 5.38 Å². The molecule has 4 nitrogen and oxygen atoms in total. The molecule has 0 bridgehead atoms. The predicted octanol–water partition coefficient (Wildman–Crippen LogP) is 3.42. The Labute approximate surface area is 121 Å². The second-order valence-corrected chi connectivity index (χ2v) is 4.91. The minimum Gasteiger partial charge on any atom is -0.351 e. The van der Waals surface area contributed by atoms with Crippen molar-refractivity contribution in [2.24, 2.45) is 0 Å². The van der Waals surface area contributed by atoms with Crippen molar-refractivity contribution in [3.8, 4) is 0 Å². The van der Waals surface area contributed by atoms with Gasteiger partial charge in [0.1, 0.15) is 5.52 Å². The van der Waals surface area contributed by atoms with Gasteiger partial charge in [-0.25, -0.2) is 4.98 Å². The predicted molar refractivity (Wildman–Crippen MR) is 80.9 cm³/mol. The van der Waals surface area contributed by atoms with Crippen molar-refractivity contribution in [3.05, 3.63) is 60.2 Å². The first kappa shape index (κ1) is 12.8. The Bertz CT molecular complexity index is 702. The smallest absolute Gasteiger partial charge is 0.243 e. The maximum atomic E-state index is 6.34. The van der Waals surface area contributed by atoms with Gasteiger partial charge in [-0.15, -0.1) is 21.8 Å². The Morgan fingerprint density at radius 3 is 2.40 bits per heavy atom. The maximum Gasteiger partial charge on any atom is 0.243 e. The first-order valence-corrected chi connectivity index (χ1v) is 6.79. The van der Waals surface area contributed by atoms with Crippen LogP contribution in [0.5, 0.6) is 0 Å². The fraction of sp³-hybridized carbons (Fsp3) is 0.133. The summed E-state index contributed by atoms with van der Waals surface area (Å²) in [5, 5.41) is 11.1. The number of hydrogen-bond acceptors (Lipinski definition) is 4. The molecule has 0 saturated heterocycles. The molecule has 0 fully saturated rings. The SMILES string of the molecule is ClC(CNc1nnc2ccccc2n1)c1ccccc1. The summed E-state index contributed by atoms with van der Waals surface area (Å²) in [6.45, 7) is 0.547. The van der Waals surface area contributed by atoms with Crippen LogP contribution in [-0.4, -0.2) is 21.7 Å². The molecule has 5 heteroatoms. The highest BCUT2D eigenvalue weighted by atomic mass is 35.5. The molecule has 0 amide bonds. The molecule has 3 aromatic rings. The van der Waals surface area contributed by atoms with E-state index in [0.29, 0.717) is 12.5 Å². The van der Waals surface area contributed by atoms with Gasteiger partial charge in [0, 0.05) is 6.54 Å². The molecule has 20 heavy (non-hydrogen) atoms. The van der Waals surface area contributed by atoms with Crippen molar-refractivity contribution in [1.29, 1.82) is 0 Å². The van der Waals surface area contributed by atoms with E-state index in [1.165, 1.54) is 0 Å². The zero-order valence-corrected chi connectivity index (χ0v) is 11.5. The summed E-state index contributed by atoms with van der Waals surface area (Å²) in [5.41, 5.74) is 2.66. The highest BCUT2D eigenvalue weighted by molar-refractivity contribution is 6.21. The van der Waals surface area contributed by atoms with Gasteiger partial charge in [-0.3, -0.25) is 0 Å². The summed E-state index contributed by atoms with van der Waals surface area (Å²) in [6, 6.07) is 17.5. The number of anilines is 1. The molecule has 0 radical (unpaired) electrons. The third kappa shape index (κ3) is 2.86. The van der Waals surface area contributed by atoms with Crippen LogP contribution in [0, 0.1) is 0 Å². The van der Waals surface area contributed by atoms with Crippen LogP contribution < -0.4 is 5.32 Å².